The molecule has 124 valence electrons. The summed E-state index contributed by atoms with van der Waals surface area (Å²) >= 11 is 0. The smallest absolute Gasteiger partial charge is 0.180 e. The van der Waals surface area contributed by atoms with Crippen LogP contribution in [0.1, 0.15) is 25.7 Å². The highest BCUT2D eigenvalue weighted by Gasteiger charge is 2.19. The monoisotopic (exact) mass is 327 g/mol. The van der Waals surface area contributed by atoms with Gasteiger partial charge in [-0.15, -0.1) is 0 Å². The van der Waals surface area contributed by atoms with Crippen molar-refractivity contribution in [2.45, 2.75) is 37.8 Å². The zero-order valence-corrected chi connectivity index (χ0v) is 13.1. The number of aliphatic hydroxyl groups excluding tert-OH is 1. The standard InChI is InChI=1S/C17H18FN5O/c18-11-1-6-16-20-9-14(23(16)10-11)17-19-8-7-15(22-17)21-12-2-4-13(24)5-3-12/h1,6-10,12-13,24H,2-5H2,(H,19,21,22)/t12-,13-. The van der Waals surface area contributed by atoms with Gasteiger partial charge in [-0.1, -0.05) is 0 Å². The van der Waals surface area contributed by atoms with Gasteiger partial charge in [0.2, 0.25) is 0 Å². The number of anilines is 1. The molecule has 1 aliphatic rings. The van der Waals surface area contributed by atoms with E-state index in [0.717, 1.165) is 31.5 Å². The van der Waals surface area contributed by atoms with Crippen LogP contribution in [0, 0.1) is 5.82 Å². The number of hydrogen-bond acceptors (Lipinski definition) is 5. The maximum Gasteiger partial charge on any atom is 0.180 e. The fourth-order valence-corrected chi connectivity index (χ4v) is 3.11. The second kappa shape index (κ2) is 6.16. The van der Waals surface area contributed by atoms with Crippen LogP contribution in [0.5, 0.6) is 0 Å². The molecule has 0 radical (unpaired) electrons. The quantitative estimate of drug-likeness (QED) is 0.773. The Kier molecular flexibility index (Phi) is 3.86. The second-order valence-electron chi connectivity index (χ2n) is 6.13. The first-order chi connectivity index (χ1) is 11.7. The van der Waals surface area contributed by atoms with Crippen LogP contribution in [0.25, 0.3) is 17.2 Å². The molecule has 0 aliphatic heterocycles. The summed E-state index contributed by atoms with van der Waals surface area (Å²) in [7, 11) is 0. The number of pyridine rings is 1. The van der Waals surface area contributed by atoms with Crippen molar-refractivity contribution >= 4 is 11.5 Å². The Morgan fingerprint density at radius 3 is 2.79 bits per heavy atom. The lowest BCUT2D eigenvalue weighted by Gasteiger charge is -2.26. The van der Waals surface area contributed by atoms with Crippen molar-refractivity contribution in [2.75, 3.05) is 5.32 Å². The molecule has 3 heterocycles. The zero-order chi connectivity index (χ0) is 16.5. The number of hydrogen-bond donors (Lipinski definition) is 2. The van der Waals surface area contributed by atoms with E-state index in [1.165, 1.54) is 12.3 Å². The van der Waals surface area contributed by atoms with Gasteiger partial charge in [-0.05, 0) is 43.9 Å². The number of nitrogens with zero attached hydrogens (tertiary/aromatic N) is 4. The summed E-state index contributed by atoms with van der Waals surface area (Å²) in [5, 5.41) is 13.0. The molecular weight excluding hydrogens is 309 g/mol. The van der Waals surface area contributed by atoms with Crippen molar-refractivity contribution in [2.24, 2.45) is 0 Å². The summed E-state index contributed by atoms with van der Waals surface area (Å²) in [6, 6.07) is 5.12. The molecule has 3 aromatic heterocycles. The third-order valence-electron chi connectivity index (χ3n) is 4.40. The average Bonchev–Trinajstić information content (AvgIpc) is 3.00. The molecule has 4 rings (SSSR count). The van der Waals surface area contributed by atoms with Gasteiger partial charge in [-0.25, -0.2) is 19.3 Å². The van der Waals surface area contributed by atoms with Gasteiger partial charge in [-0.3, -0.25) is 4.40 Å². The minimum Gasteiger partial charge on any atom is -0.393 e. The van der Waals surface area contributed by atoms with Gasteiger partial charge in [0.25, 0.3) is 0 Å². The minimum atomic E-state index is -0.336. The SMILES string of the molecule is O[C@H]1CC[C@H](Nc2ccnc(-c3cnc4ccc(F)cn34)n2)CC1. The Bertz CT molecular complexity index is 857. The van der Waals surface area contributed by atoms with Crippen molar-refractivity contribution in [1.82, 2.24) is 19.4 Å². The highest BCUT2D eigenvalue weighted by molar-refractivity contribution is 5.58. The molecule has 24 heavy (non-hydrogen) atoms. The third kappa shape index (κ3) is 2.94. The molecule has 0 spiro atoms. The maximum absolute atomic E-state index is 13.5. The van der Waals surface area contributed by atoms with E-state index in [0.29, 0.717) is 23.2 Å². The van der Waals surface area contributed by atoms with Gasteiger partial charge >= 0.3 is 0 Å². The molecule has 1 saturated carbocycles. The first-order valence-electron chi connectivity index (χ1n) is 8.10. The van der Waals surface area contributed by atoms with Crippen LogP contribution >= 0.6 is 0 Å². The van der Waals surface area contributed by atoms with Crippen LogP contribution in [0.15, 0.2) is 36.8 Å². The van der Waals surface area contributed by atoms with Crippen LogP contribution in [0.4, 0.5) is 10.2 Å². The number of halogens is 1. The van der Waals surface area contributed by atoms with Crippen molar-refractivity contribution < 1.29 is 9.50 Å². The molecule has 0 amide bonds. The van der Waals surface area contributed by atoms with Gasteiger partial charge in [0.15, 0.2) is 5.82 Å². The van der Waals surface area contributed by atoms with E-state index in [1.807, 2.05) is 6.07 Å². The van der Waals surface area contributed by atoms with Gasteiger partial charge in [0.1, 0.15) is 23.0 Å². The Balaban J connectivity index is 1.61. The van der Waals surface area contributed by atoms with Crippen molar-refractivity contribution in [1.29, 1.82) is 0 Å². The van der Waals surface area contributed by atoms with Crippen LogP contribution < -0.4 is 5.32 Å². The zero-order valence-electron chi connectivity index (χ0n) is 13.1. The lowest BCUT2D eigenvalue weighted by molar-refractivity contribution is 0.126. The van der Waals surface area contributed by atoms with E-state index in [1.54, 1.807) is 22.9 Å². The molecule has 0 unspecified atom stereocenters. The highest BCUT2D eigenvalue weighted by Crippen LogP contribution is 2.23. The summed E-state index contributed by atoms with van der Waals surface area (Å²) < 4.78 is 15.2. The number of imidazole rings is 1. The molecule has 3 aromatic rings. The number of aliphatic hydroxyl groups is 1. The summed E-state index contributed by atoms with van der Waals surface area (Å²) in [4.78, 5) is 13.1. The van der Waals surface area contributed by atoms with Crippen LogP contribution in [-0.2, 0) is 0 Å². The first-order valence-corrected chi connectivity index (χ1v) is 8.10. The molecule has 7 heteroatoms. The Labute approximate surface area is 138 Å². The molecule has 1 aliphatic carbocycles. The fraction of sp³-hybridized carbons (Fsp3) is 0.353. The van der Waals surface area contributed by atoms with E-state index >= 15 is 0 Å². The number of nitrogens with one attached hydrogen (secondary N) is 1. The van der Waals surface area contributed by atoms with E-state index in [-0.39, 0.29) is 11.9 Å². The lowest BCUT2D eigenvalue weighted by Crippen LogP contribution is -2.28. The Morgan fingerprint density at radius 2 is 1.96 bits per heavy atom. The van der Waals surface area contributed by atoms with Gasteiger partial charge in [0.05, 0.1) is 12.3 Å². The van der Waals surface area contributed by atoms with Crippen molar-refractivity contribution in [3.8, 4) is 11.5 Å². The van der Waals surface area contributed by atoms with E-state index in [9.17, 15) is 9.50 Å². The lowest BCUT2D eigenvalue weighted by atomic mass is 9.93. The molecule has 0 saturated heterocycles. The summed E-state index contributed by atoms with van der Waals surface area (Å²) in [5.74, 6) is 0.887. The van der Waals surface area contributed by atoms with Crippen molar-refractivity contribution in [3.63, 3.8) is 0 Å². The predicted molar refractivity (Wildman–Crippen MR) is 88.1 cm³/mol. The molecule has 2 N–H and O–H groups in total. The highest BCUT2D eigenvalue weighted by atomic mass is 19.1. The van der Waals surface area contributed by atoms with Crippen LogP contribution in [0.2, 0.25) is 0 Å². The Hall–Kier alpha value is -2.54. The minimum absolute atomic E-state index is 0.183. The summed E-state index contributed by atoms with van der Waals surface area (Å²) in [6.07, 6.45) is 7.97. The van der Waals surface area contributed by atoms with Gasteiger partial charge < -0.3 is 10.4 Å². The number of fused-ring (bicyclic) bond motifs is 1. The number of aromatic nitrogens is 4. The molecule has 6 nitrogen and oxygen atoms in total. The normalized spacial score (nSPS) is 21.1. The third-order valence-corrected chi connectivity index (χ3v) is 4.40. The largest absolute Gasteiger partial charge is 0.393 e. The maximum atomic E-state index is 13.5. The topological polar surface area (TPSA) is 75.3 Å². The molecule has 0 aromatic carbocycles. The van der Waals surface area contributed by atoms with E-state index < -0.39 is 0 Å². The average molecular weight is 327 g/mol. The summed E-state index contributed by atoms with van der Waals surface area (Å²) in [5.41, 5.74) is 1.29. The molecule has 0 bridgehead atoms. The van der Waals surface area contributed by atoms with Crippen molar-refractivity contribution in [3.05, 3.63) is 42.6 Å². The van der Waals surface area contributed by atoms with Crippen LogP contribution in [-0.4, -0.2) is 36.6 Å². The molecule has 0 atom stereocenters. The molecule has 1 fully saturated rings. The van der Waals surface area contributed by atoms with Crippen LogP contribution in [0.3, 0.4) is 0 Å². The van der Waals surface area contributed by atoms with E-state index in [4.69, 9.17) is 0 Å². The Morgan fingerprint density at radius 1 is 1.12 bits per heavy atom. The summed E-state index contributed by atoms with van der Waals surface area (Å²) in [6.45, 7) is 0. The predicted octanol–water partition coefficient (Wildman–Crippen LogP) is 2.65. The second-order valence-corrected chi connectivity index (χ2v) is 6.13. The van der Waals surface area contributed by atoms with Gasteiger partial charge in [0, 0.05) is 18.4 Å². The fourth-order valence-electron chi connectivity index (χ4n) is 3.11. The molecular formula is C17H18FN5O. The van der Waals surface area contributed by atoms with Gasteiger partial charge in [-0.2, -0.15) is 0 Å². The first kappa shape index (κ1) is 15.0. The number of rotatable bonds is 3. The van der Waals surface area contributed by atoms with E-state index in [2.05, 4.69) is 20.3 Å².